The molecule has 1 aliphatic rings. The van der Waals surface area contributed by atoms with Crippen LogP contribution in [0.2, 0.25) is 0 Å². The van der Waals surface area contributed by atoms with Crippen LogP contribution in [0.25, 0.3) is 0 Å². The van der Waals surface area contributed by atoms with E-state index in [1.165, 1.54) is 11.7 Å². The van der Waals surface area contributed by atoms with Gasteiger partial charge < -0.3 is 19.7 Å². The molecular weight excluding hydrogens is 240 g/mol. The molecule has 2 rings (SSSR count). The normalized spacial score (nSPS) is 27.4. The molecule has 1 fully saturated rings. The summed E-state index contributed by atoms with van der Waals surface area (Å²) in [6.07, 6.45) is -0.232. The van der Waals surface area contributed by atoms with Crippen LogP contribution in [0, 0.1) is 6.92 Å². The molecule has 7 nitrogen and oxygen atoms in total. The number of methoxy groups -OCH3 is 1. The summed E-state index contributed by atoms with van der Waals surface area (Å²) in [5.41, 5.74) is 0.191. The Labute approximate surface area is 104 Å². The van der Waals surface area contributed by atoms with Crippen molar-refractivity contribution in [3.63, 3.8) is 0 Å². The lowest BCUT2D eigenvalue weighted by Gasteiger charge is -2.15. The number of rotatable bonds is 3. The summed E-state index contributed by atoms with van der Waals surface area (Å²) >= 11 is 0. The van der Waals surface area contributed by atoms with Gasteiger partial charge in [0.1, 0.15) is 12.3 Å². The summed E-state index contributed by atoms with van der Waals surface area (Å²) < 4.78 is 11.7. The number of hydrogen-bond acceptors (Lipinski definition) is 6. The molecule has 1 aliphatic heterocycles. The van der Waals surface area contributed by atoms with E-state index in [0.29, 0.717) is 5.56 Å². The average Bonchev–Trinajstić information content (AvgIpc) is 2.72. The Morgan fingerprint density at radius 2 is 2.39 bits per heavy atom. The topological polar surface area (TPSA) is 93.8 Å². The summed E-state index contributed by atoms with van der Waals surface area (Å²) in [6.45, 7) is 1.48. The molecule has 3 atom stereocenters. The summed E-state index contributed by atoms with van der Waals surface area (Å²) in [7, 11) is 1.44. The minimum Gasteiger partial charge on any atom is -0.481 e. The molecular formula is C11H16N2O5. The lowest BCUT2D eigenvalue weighted by atomic mass is 10.2. The Hall–Kier alpha value is -1.44. The highest BCUT2D eigenvalue weighted by atomic mass is 16.5. The van der Waals surface area contributed by atoms with E-state index < -0.39 is 24.1 Å². The van der Waals surface area contributed by atoms with Crippen LogP contribution < -0.4 is 10.4 Å². The second-order valence-electron chi connectivity index (χ2n) is 4.24. The van der Waals surface area contributed by atoms with Crippen molar-refractivity contribution < 1.29 is 19.7 Å². The van der Waals surface area contributed by atoms with Crippen molar-refractivity contribution in [3.05, 3.63) is 22.2 Å². The van der Waals surface area contributed by atoms with Gasteiger partial charge in [-0.05, 0) is 6.92 Å². The van der Waals surface area contributed by atoms with Crippen molar-refractivity contribution in [1.82, 2.24) is 9.55 Å². The van der Waals surface area contributed by atoms with Gasteiger partial charge in [0.15, 0.2) is 0 Å². The van der Waals surface area contributed by atoms with Crippen LogP contribution >= 0.6 is 0 Å². The molecule has 0 aromatic carbocycles. The zero-order valence-electron chi connectivity index (χ0n) is 10.2. The van der Waals surface area contributed by atoms with Gasteiger partial charge in [0.25, 0.3) is 0 Å². The summed E-state index contributed by atoms with van der Waals surface area (Å²) in [4.78, 5) is 15.6. The van der Waals surface area contributed by atoms with Crippen LogP contribution in [0.5, 0.6) is 5.88 Å². The van der Waals surface area contributed by atoms with Gasteiger partial charge in [-0.15, -0.1) is 0 Å². The Morgan fingerprint density at radius 3 is 2.94 bits per heavy atom. The first-order chi connectivity index (χ1) is 8.56. The maximum Gasteiger partial charge on any atom is 0.352 e. The van der Waals surface area contributed by atoms with Crippen molar-refractivity contribution >= 4 is 0 Å². The molecule has 2 heterocycles. The Balaban J connectivity index is 2.30. The number of nitrogens with zero attached hydrogens (tertiary/aromatic N) is 2. The zero-order chi connectivity index (χ0) is 13.3. The zero-order valence-corrected chi connectivity index (χ0v) is 10.2. The first kappa shape index (κ1) is 13.0. The first-order valence-corrected chi connectivity index (χ1v) is 5.65. The number of aliphatic hydroxyl groups is 2. The number of aromatic nitrogens is 2. The van der Waals surface area contributed by atoms with Gasteiger partial charge in [-0.1, -0.05) is 0 Å². The predicted molar refractivity (Wildman–Crippen MR) is 61.4 cm³/mol. The summed E-state index contributed by atoms with van der Waals surface area (Å²) in [5, 5.41) is 18.6. The number of ether oxygens (including phenoxy) is 2. The third-order valence-electron chi connectivity index (χ3n) is 2.98. The number of hydrogen-bond donors (Lipinski definition) is 2. The van der Waals surface area contributed by atoms with Crippen LogP contribution in [-0.4, -0.2) is 45.7 Å². The fraction of sp³-hybridized carbons (Fsp3) is 0.636. The van der Waals surface area contributed by atoms with E-state index in [4.69, 9.17) is 14.6 Å². The van der Waals surface area contributed by atoms with Gasteiger partial charge in [-0.25, -0.2) is 4.79 Å². The molecule has 7 heteroatoms. The number of aryl methyl sites for hydroxylation is 1. The molecule has 0 aliphatic carbocycles. The second kappa shape index (κ2) is 5.05. The summed E-state index contributed by atoms with van der Waals surface area (Å²) in [5.74, 6) is 0.272. The number of aliphatic hydroxyl groups excluding tert-OH is 2. The standard InChI is InChI=1S/C11H16N2O5/c1-6-4-13(11(16)12-10(6)17-2)9-3-7(15)8(5-14)18-9/h4,7-9,14-15H,3,5H2,1-2H3. The second-order valence-corrected chi connectivity index (χ2v) is 4.24. The van der Waals surface area contributed by atoms with Gasteiger partial charge in [-0.3, -0.25) is 4.57 Å². The third kappa shape index (κ3) is 2.24. The Kier molecular flexibility index (Phi) is 3.65. The van der Waals surface area contributed by atoms with Crippen LogP contribution in [0.1, 0.15) is 18.2 Å². The maximum absolute atomic E-state index is 11.8. The first-order valence-electron chi connectivity index (χ1n) is 5.65. The fourth-order valence-electron chi connectivity index (χ4n) is 2.02. The highest BCUT2D eigenvalue weighted by molar-refractivity contribution is 5.20. The van der Waals surface area contributed by atoms with E-state index in [1.54, 1.807) is 13.1 Å². The van der Waals surface area contributed by atoms with Crippen molar-refractivity contribution in [2.75, 3.05) is 13.7 Å². The van der Waals surface area contributed by atoms with Gasteiger partial charge in [0.2, 0.25) is 5.88 Å². The SMILES string of the molecule is COc1nc(=O)n(C2CC(O)C(CO)O2)cc1C. The monoisotopic (exact) mass is 256 g/mol. The van der Waals surface area contributed by atoms with Gasteiger partial charge in [-0.2, -0.15) is 4.98 Å². The fourth-order valence-corrected chi connectivity index (χ4v) is 2.02. The lowest BCUT2D eigenvalue weighted by molar-refractivity contribution is -0.0460. The molecule has 0 bridgehead atoms. The molecule has 0 saturated carbocycles. The molecule has 2 N–H and O–H groups in total. The van der Waals surface area contributed by atoms with Crippen LogP contribution in [-0.2, 0) is 4.74 Å². The molecule has 18 heavy (non-hydrogen) atoms. The smallest absolute Gasteiger partial charge is 0.352 e. The van der Waals surface area contributed by atoms with E-state index >= 15 is 0 Å². The lowest BCUT2D eigenvalue weighted by Crippen LogP contribution is -2.28. The highest BCUT2D eigenvalue weighted by Gasteiger charge is 2.35. The third-order valence-corrected chi connectivity index (χ3v) is 2.98. The maximum atomic E-state index is 11.8. The molecule has 0 spiro atoms. The minimum atomic E-state index is -0.783. The average molecular weight is 256 g/mol. The molecule has 1 aromatic heterocycles. The van der Waals surface area contributed by atoms with Crippen molar-refractivity contribution in [1.29, 1.82) is 0 Å². The van der Waals surface area contributed by atoms with E-state index in [2.05, 4.69) is 4.98 Å². The predicted octanol–water partition coefficient (Wildman–Crippen LogP) is -0.799. The van der Waals surface area contributed by atoms with Gasteiger partial charge in [0.05, 0.1) is 19.8 Å². The Bertz CT molecular complexity index is 487. The van der Waals surface area contributed by atoms with Crippen molar-refractivity contribution in [2.45, 2.75) is 31.8 Å². The van der Waals surface area contributed by atoms with E-state index in [0.717, 1.165) is 0 Å². The summed E-state index contributed by atoms with van der Waals surface area (Å²) in [6, 6.07) is 0. The van der Waals surface area contributed by atoms with E-state index in [1.807, 2.05) is 0 Å². The quantitative estimate of drug-likeness (QED) is 0.735. The molecule has 1 saturated heterocycles. The van der Waals surface area contributed by atoms with Crippen molar-refractivity contribution in [2.24, 2.45) is 0 Å². The van der Waals surface area contributed by atoms with E-state index in [-0.39, 0.29) is 18.9 Å². The molecule has 3 unspecified atom stereocenters. The van der Waals surface area contributed by atoms with Crippen molar-refractivity contribution in [3.8, 4) is 5.88 Å². The largest absolute Gasteiger partial charge is 0.481 e. The van der Waals surface area contributed by atoms with E-state index in [9.17, 15) is 9.90 Å². The molecule has 0 radical (unpaired) electrons. The molecule has 100 valence electrons. The highest BCUT2D eigenvalue weighted by Crippen LogP contribution is 2.27. The minimum absolute atomic E-state index is 0.249. The molecule has 0 amide bonds. The van der Waals surface area contributed by atoms with Gasteiger partial charge in [0, 0.05) is 18.2 Å². The van der Waals surface area contributed by atoms with Crippen LogP contribution in [0.15, 0.2) is 11.0 Å². The molecule has 1 aromatic rings. The van der Waals surface area contributed by atoms with Crippen LogP contribution in [0.4, 0.5) is 0 Å². The Morgan fingerprint density at radius 1 is 1.67 bits per heavy atom. The van der Waals surface area contributed by atoms with Gasteiger partial charge >= 0.3 is 5.69 Å². The van der Waals surface area contributed by atoms with Crippen LogP contribution in [0.3, 0.4) is 0 Å².